The van der Waals surface area contributed by atoms with Crippen molar-refractivity contribution in [1.29, 1.82) is 0 Å². The number of para-hydroxylation sites is 1. The molecule has 4 heteroatoms. The highest BCUT2D eigenvalue weighted by Gasteiger charge is 2.15. The lowest BCUT2D eigenvalue weighted by Gasteiger charge is -2.10. The predicted molar refractivity (Wildman–Crippen MR) is 70.7 cm³/mol. The first-order valence-electron chi connectivity index (χ1n) is 5.76. The summed E-state index contributed by atoms with van der Waals surface area (Å²) in [5.74, 6) is -0.0196. The molecule has 0 amide bonds. The maximum absolute atomic E-state index is 11.5. The van der Waals surface area contributed by atoms with Gasteiger partial charge >= 0.3 is 5.97 Å². The van der Waals surface area contributed by atoms with Crippen molar-refractivity contribution in [3.63, 3.8) is 0 Å². The van der Waals surface area contributed by atoms with Crippen molar-refractivity contribution in [3.05, 3.63) is 53.6 Å². The maximum atomic E-state index is 11.5. The molecule has 2 aromatic carbocycles. The van der Waals surface area contributed by atoms with E-state index in [9.17, 15) is 9.90 Å². The third kappa shape index (κ3) is 2.85. The van der Waals surface area contributed by atoms with E-state index in [1.807, 2.05) is 25.1 Å². The molecule has 0 atom stereocenters. The van der Waals surface area contributed by atoms with E-state index in [4.69, 9.17) is 4.74 Å². The monoisotopic (exact) mass is 258 g/mol. The van der Waals surface area contributed by atoms with E-state index >= 15 is 0 Å². The van der Waals surface area contributed by atoms with E-state index in [1.54, 1.807) is 18.2 Å². The Balaban J connectivity index is 2.33. The Bertz CT molecular complexity index is 605. The van der Waals surface area contributed by atoms with Crippen LogP contribution in [0.15, 0.2) is 42.5 Å². The van der Waals surface area contributed by atoms with Crippen molar-refractivity contribution in [1.82, 2.24) is 0 Å². The van der Waals surface area contributed by atoms with Gasteiger partial charge in [-0.15, -0.1) is 0 Å². The third-order valence-electron chi connectivity index (χ3n) is 2.62. The third-order valence-corrected chi connectivity index (χ3v) is 2.62. The molecule has 0 radical (unpaired) electrons. The van der Waals surface area contributed by atoms with Crippen molar-refractivity contribution >= 4 is 5.97 Å². The Labute approximate surface area is 111 Å². The number of hydrogen-bond acceptors (Lipinski definition) is 4. The van der Waals surface area contributed by atoms with Crippen LogP contribution in [0.5, 0.6) is 17.2 Å². The molecular formula is C15H14O4. The highest BCUT2D eigenvalue weighted by atomic mass is 16.5. The summed E-state index contributed by atoms with van der Waals surface area (Å²) in [6.07, 6.45) is 0. The number of benzene rings is 2. The first kappa shape index (κ1) is 13.0. The molecule has 2 aromatic rings. The van der Waals surface area contributed by atoms with Gasteiger partial charge in [-0.1, -0.05) is 18.2 Å². The van der Waals surface area contributed by atoms with Crippen LogP contribution < -0.4 is 4.74 Å². The fraction of sp³-hybridized carbons (Fsp3) is 0.133. The number of carbonyl (C=O) groups is 1. The molecular weight excluding hydrogens is 244 g/mol. The van der Waals surface area contributed by atoms with Gasteiger partial charge < -0.3 is 14.6 Å². The fourth-order valence-corrected chi connectivity index (χ4v) is 1.69. The van der Waals surface area contributed by atoms with Crippen LogP contribution in [0, 0.1) is 6.92 Å². The SMILES string of the molecule is COC(=O)c1cccc(Oc2cccc(C)c2)c1O. The second-order valence-corrected chi connectivity index (χ2v) is 4.06. The largest absolute Gasteiger partial charge is 0.504 e. The average molecular weight is 258 g/mol. The van der Waals surface area contributed by atoms with Gasteiger partial charge in [0.1, 0.15) is 11.3 Å². The molecule has 4 nitrogen and oxygen atoms in total. The van der Waals surface area contributed by atoms with Crippen LogP contribution in [-0.2, 0) is 4.74 Å². The Hall–Kier alpha value is -2.49. The van der Waals surface area contributed by atoms with Crippen LogP contribution >= 0.6 is 0 Å². The van der Waals surface area contributed by atoms with E-state index in [1.165, 1.54) is 13.2 Å². The molecule has 0 aliphatic rings. The van der Waals surface area contributed by atoms with Gasteiger partial charge in [0, 0.05) is 0 Å². The number of carbonyl (C=O) groups excluding carboxylic acids is 1. The lowest BCUT2D eigenvalue weighted by Crippen LogP contribution is -2.02. The van der Waals surface area contributed by atoms with Crippen molar-refractivity contribution in [2.24, 2.45) is 0 Å². The molecule has 0 fully saturated rings. The maximum Gasteiger partial charge on any atom is 0.341 e. The van der Waals surface area contributed by atoms with Gasteiger partial charge in [-0.25, -0.2) is 4.79 Å². The minimum absolute atomic E-state index is 0.0765. The van der Waals surface area contributed by atoms with Crippen molar-refractivity contribution < 1.29 is 19.4 Å². The summed E-state index contributed by atoms with van der Waals surface area (Å²) in [6.45, 7) is 1.94. The Kier molecular flexibility index (Phi) is 3.71. The standard InChI is InChI=1S/C15H14O4/c1-10-5-3-6-11(9-10)19-13-8-4-7-12(14(13)16)15(17)18-2/h3-9,16H,1-2H3. The van der Waals surface area contributed by atoms with Crippen LogP contribution in [0.2, 0.25) is 0 Å². The van der Waals surface area contributed by atoms with Gasteiger partial charge in [-0.3, -0.25) is 0 Å². The molecule has 19 heavy (non-hydrogen) atoms. The van der Waals surface area contributed by atoms with Gasteiger partial charge in [0.25, 0.3) is 0 Å². The molecule has 0 saturated carbocycles. The summed E-state index contributed by atoms with van der Waals surface area (Å²) in [7, 11) is 1.26. The first-order chi connectivity index (χ1) is 9.11. The molecule has 0 heterocycles. The zero-order chi connectivity index (χ0) is 13.8. The summed E-state index contributed by atoms with van der Waals surface area (Å²) >= 11 is 0. The molecule has 1 N–H and O–H groups in total. The van der Waals surface area contributed by atoms with Crippen LogP contribution in [0.3, 0.4) is 0 Å². The van der Waals surface area contributed by atoms with Gasteiger partial charge in [0.05, 0.1) is 7.11 Å². The molecule has 0 unspecified atom stereocenters. The average Bonchev–Trinajstić information content (AvgIpc) is 2.40. The van der Waals surface area contributed by atoms with Gasteiger partial charge in [-0.05, 0) is 36.8 Å². The number of aromatic hydroxyl groups is 1. The molecule has 0 aliphatic heterocycles. The molecule has 0 spiro atoms. The lowest BCUT2D eigenvalue weighted by molar-refractivity contribution is 0.0597. The predicted octanol–water partition coefficient (Wildman–Crippen LogP) is 3.28. The first-order valence-corrected chi connectivity index (χ1v) is 5.76. The lowest BCUT2D eigenvalue weighted by atomic mass is 10.2. The summed E-state index contributed by atoms with van der Waals surface area (Å²) in [5, 5.41) is 10.00. The highest BCUT2D eigenvalue weighted by molar-refractivity contribution is 5.93. The Morgan fingerprint density at radius 1 is 1.16 bits per heavy atom. The smallest absolute Gasteiger partial charge is 0.341 e. The second-order valence-electron chi connectivity index (χ2n) is 4.06. The molecule has 0 aromatic heterocycles. The molecule has 98 valence electrons. The van der Waals surface area contributed by atoms with Crippen molar-refractivity contribution in [3.8, 4) is 17.2 Å². The zero-order valence-electron chi connectivity index (χ0n) is 10.7. The fourth-order valence-electron chi connectivity index (χ4n) is 1.69. The summed E-state index contributed by atoms with van der Waals surface area (Å²) in [5.41, 5.74) is 1.12. The summed E-state index contributed by atoms with van der Waals surface area (Å²) in [4.78, 5) is 11.5. The molecule has 2 rings (SSSR count). The van der Waals surface area contributed by atoms with E-state index in [2.05, 4.69) is 4.74 Å². The number of aryl methyl sites for hydroxylation is 1. The van der Waals surface area contributed by atoms with E-state index in [0.717, 1.165) is 5.56 Å². The van der Waals surface area contributed by atoms with E-state index in [-0.39, 0.29) is 17.1 Å². The number of methoxy groups -OCH3 is 1. The zero-order valence-corrected chi connectivity index (χ0v) is 10.7. The van der Waals surface area contributed by atoms with Crippen molar-refractivity contribution in [2.45, 2.75) is 6.92 Å². The van der Waals surface area contributed by atoms with Gasteiger partial charge in [0.15, 0.2) is 11.5 Å². The topological polar surface area (TPSA) is 55.8 Å². The normalized spacial score (nSPS) is 10.0. The van der Waals surface area contributed by atoms with E-state index < -0.39 is 5.97 Å². The summed E-state index contributed by atoms with van der Waals surface area (Å²) in [6, 6.07) is 12.1. The summed E-state index contributed by atoms with van der Waals surface area (Å²) < 4.78 is 10.2. The second kappa shape index (κ2) is 5.44. The minimum Gasteiger partial charge on any atom is -0.504 e. The Morgan fingerprint density at radius 3 is 2.58 bits per heavy atom. The molecule has 0 bridgehead atoms. The number of phenolic OH excluding ortho intramolecular Hbond substituents is 1. The van der Waals surface area contributed by atoms with Crippen LogP contribution in [0.25, 0.3) is 0 Å². The molecule has 0 aliphatic carbocycles. The Morgan fingerprint density at radius 2 is 1.89 bits per heavy atom. The number of ether oxygens (including phenoxy) is 2. The number of phenols is 1. The quantitative estimate of drug-likeness (QED) is 0.858. The van der Waals surface area contributed by atoms with Crippen LogP contribution in [0.4, 0.5) is 0 Å². The van der Waals surface area contributed by atoms with Gasteiger partial charge in [0.2, 0.25) is 0 Å². The highest BCUT2D eigenvalue weighted by Crippen LogP contribution is 2.33. The minimum atomic E-state index is -0.604. The number of hydrogen-bond donors (Lipinski definition) is 1. The van der Waals surface area contributed by atoms with E-state index in [0.29, 0.717) is 5.75 Å². The number of esters is 1. The van der Waals surface area contributed by atoms with Crippen molar-refractivity contribution in [2.75, 3.05) is 7.11 Å². The van der Waals surface area contributed by atoms with Crippen LogP contribution in [-0.4, -0.2) is 18.2 Å². The number of rotatable bonds is 3. The van der Waals surface area contributed by atoms with Gasteiger partial charge in [-0.2, -0.15) is 0 Å². The molecule has 0 saturated heterocycles. The van der Waals surface area contributed by atoms with Crippen LogP contribution in [0.1, 0.15) is 15.9 Å².